The lowest BCUT2D eigenvalue weighted by molar-refractivity contribution is 0.0978. The van der Waals surface area contributed by atoms with Gasteiger partial charge in [0.15, 0.2) is 17.3 Å². The van der Waals surface area contributed by atoms with Crippen LogP contribution in [0.25, 0.3) is 0 Å². The zero-order valence-electron chi connectivity index (χ0n) is 18.6. The number of nitrogens with zero attached hydrogens (tertiary/aromatic N) is 1. The average Bonchev–Trinajstić information content (AvgIpc) is 3.22. The molecular weight excluding hydrogens is 390 g/mol. The number of methoxy groups -OCH3 is 2. The first-order valence-corrected chi connectivity index (χ1v) is 11.4. The molecule has 2 aromatic rings. The number of ketones is 1. The lowest BCUT2D eigenvalue weighted by Gasteiger charge is -2.33. The summed E-state index contributed by atoms with van der Waals surface area (Å²) in [6.45, 7) is 2.23. The van der Waals surface area contributed by atoms with Gasteiger partial charge in [0.05, 0.1) is 14.2 Å². The molecule has 1 N–H and O–H groups in total. The van der Waals surface area contributed by atoms with Gasteiger partial charge in [-0.2, -0.15) is 0 Å². The van der Waals surface area contributed by atoms with Crippen molar-refractivity contribution in [2.75, 3.05) is 27.3 Å². The first-order chi connectivity index (χ1) is 15.1. The van der Waals surface area contributed by atoms with Crippen LogP contribution in [-0.4, -0.2) is 49.1 Å². The Balaban J connectivity index is 1.23. The summed E-state index contributed by atoms with van der Waals surface area (Å²) in [4.78, 5) is 15.2. The smallest absolute Gasteiger partial charge is 0.163 e. The van der Waals surface area contributed by atoms with Crippen molar-refractivity contribution in [2.45, 2.75) is 56.9 Å². The van der Waals surface area contributed by atoms with Crippen LogP contribution >= 0.6 is 0 Å². The highest BCUT2D eigenvalue weighted by molar-refractivity contribution is 5.96. The Kier molecular flexibility index (Phi) is 6.81. The van der Waals surface area contributed by atoms with Crippen molar-refractivity contribution in [1.29, 1.82) is 0 Å². The number of aromatic hydroxyl groups is 1. The number of carbonyl (C=O) groups is 1. The van der Waals surface area contributed by atoms with E-state index in [4.69, 9.17) is 9.47 Å². The fourth-order valence-electron chi connectivity index (χ4n) is 5.38. The van der Waals surface area contributed by atoms with E-state index in [0.717, 1.165) is 45.2 Å². The molecule has 1 aliphatic carbocycles. The number of ether oxygens (including phenoxy) is 2. The predicted molar refractivity (Wildman–Crippen MR) is 121 cm³/mol. The molecule has 1 heterocycles. The SMILES string of the molecule is COc1ccc(C(=O)CCCCCN2CCC3c4cccc(O)c4CCC32)cc1OC. The molecule has 1 aliphatic heterocycles. The summed E-state index contributed by atoms with van der Waals surface area (Å²) >= 11 is 0. The number of likely N-dealkylation sites (tertiary alicyclic amines) is 1. The Hall–Kier alpha value is -2.53. The number of rotatable bonds is 9. The van der Waals surface area contributed by atoms with Crippen molar-refractivity contribution < 1.29 is 19.4 Å². The standard InChI is InChI=1S/C26H33NO4/c1-30-25-13-10-18(17-26(25)31-2)23(28)8-4-3-5-15-27-16-14-20-19-7-6-9-24(29)21(19)11-12-22(20)27/h6-7,9-10,13,17,20,22,29H,3-5,8,11-12,14-16H2,1-2H3. The largest absolute Gasteiger partial charge is 0.508 e. The number of hydrogen-bond donors (Lipinski definition) is 1. The maximum Gasteiger partial charge on any atom is 0.163 e. The Morgan fingerprint density at radius 1 is 1.06 bits per heavy atom. The van der Waals surface area contributed by atoms with Gasteiger partial charge in [0.2, 0.25) is 0 Å². The molecule has 1 fully saturated rings. The zero-order chi connectivity index (χ0) is 21.8. The highest BCUT2D eigenvalue weighted by Crippen LogP contribution is 2.43. The van der Waals surface area contributed by atoms with Crippen LogP contribution < -0.4 is 9.47 Å². The van der Waals surface area contributed by atoms with E-state index in [1.165, 1.54) is 17.5 Å². The monoisotopic (exact) mass is 423 g/mol. The lowest BCUT2D eigenvalue weighted by atomic mass is 9.79. The van der Waals surface area contributed by atoms with Crippen LogP contribution in [0.4, 0.5) is 0 Å². The minimum absolute atomic E-state index is 0.158. The van der Waals surface area contributed by atoms with Crippen LogP contribution in [0.5, 0.6) is 17.2 Å². The molecule has 166 valence electrons. The van der Waals surface area contributed by atoms with Crippen molar-refractivity contribution in [3.8, 4) is 17.2 Å². The number of fused-ring (bicyclic) bond motifs is 3. The van der Waals surface area contributed by atoms with E-state index in [2.05, 4.69) is 11.0 Å². The maximum atomic E-state index is 12.5. The van der Waals surface area contributed by atoms with Crippen LogP contribution in [0.3, 0.4) is 0 Å². The van der Waals surface area contributed by atoms with Crippen LogP contribution in [0.15, 0.2) is 36.4 Å². The second kappa shape index (κ2) is 9.73. The molecule has 5 nitrogen and oxygen atoms in total. The molecule has 0 radical (unpaired) electrons. The van der Waals surface area contributed by atoms with E-state index in [1.807, 2.05) is 18.2 Å². The van der Waals surface area contributed by atoms with E-state index < -0.39 is 0 Å². The van der Waals surface area contributed by atoms with Crippen LogP contribution in [0, 0.1) is 0 Å². The first-order valence-electron chi connectivity index (χ1n) is 11.4. The summed E-state index contributed by atoms with van der Waals surface area (Å²) in [7, 11) is 3.18. The van der Waals surface area contributed by atoms with Gasteiger partial charge in [0.1, 0.15) is 5.75 Å². The quantitative estimate of drug-likeness (QED) is 0.456. The van der Waals surface area contributed by atoms with Gasteiger partial charge in [-0.25, -0.2) is 0 Å². The molecular formula is C26H33NO4. The Morgan fingerprint density at radius 2 is 1.90 bits per heavy atom. The fourth-order valence-corrected chi connectivity index (χ4v) is 5.38. The lowest BCUT2D eigenvalue weighted by Crippen LogP contribution is -2.35. The molecule has 31 heavy (non-hydrogen) atoms. The zero-order valence-corrected chi connectivity index (χ0v) is 18.6. The van der Waals surface area contributed by atoms with E-state index >= 15 is 0 Å². The number of carbonyl (C=O) groups excluding carboxylic acids is 1. The van der Waals surface area contributed by atoms with E-state index in [9.17, 15) is 9.90 Å². The second-order valence-corrected chi connectivity index (χ2v) is 8.69. The van der Waals surface area contributed by atoms with E-state index in [0.29, 0.717) is 41.2 Å². The number of hydrogen-bond acceptors (Lipinski definition) is 5. The van der Waals surface area contributed by atoms with Gasteiger partial charge < -0.3 is 14.6 Å². The van der Waals surface area contributed by atoms with E-state index in [-0.39, 0.29) is 5.78 Å². The van der Waals surface area contributed by atoms with Gasteiger partial charge in [0.25, 0.3) is 0 Å². The molecule has 0 saturated carbocycles. The summed E-state index contributed by atoms with van der Waals surface area (Å²) in [5.41, 5.74) is 3.21. The van der Waals surface area contributed by atoms with Crippen molar-refractivity contribution in [1.82, 2.24) is 4.90 Å². The van der Waals surface area contributed by atoms with Gasteiger partial charge in [0, 0.05) is 23.9 Å². The Morgan fingerprint density at radius 3 is 2.71 bits per heavy atom. The number of benzene rings is 2. The summed E-state index contributed by atoms with van der Waals surface area (Å²) in [6, 6.07) is 12.0. The molecule has 2 atom stereocenters. The number of unbranched alkanes of at least 4 members (excludes halogenated alkanes) is 2. The molecule has 2 aliphatic rings. The molecule has 5 heteroatoms. The minimum atomic E-state index is 0.158. The molecule has 0 spiro atoms. The van der Waals surface area contributed by atoms with Gasteiger partial charge in [-0.15, -0.1) is 0 Å². The van der Waals surface area contributed by atoms with Gasteiger partial charge in [-0.1, -0.05) is 18.6 Å². The molecule has 2 aromatic carbocycles. The summed E-state index contributed by atoms with van der Waals surface area (Å²) in [6.07, 6.45) is 6.94. The van der Waals surface area contributed by atoms with Crippen LogP contribution in [0.1, 0.15) is 65.9 Å². The van der Waals surface area contributed by atoms with Crippen molar-refractivity contribution >= 4 is 5.78 Å². The third kappa shape index (κ3) is 4.57. The predicted octanol–water partition coefficient (Wildman–Crippen LogP) is 4.96. The fraction of sp³-hybridized carbons (Fsp3) is 0.500. The molecule has 0 amide bonds. The topological polar surface area (TPSA) is 59.0 Å². The normalized spacial score (nSPS) is 20.2. The van der Waals surface area contributed by atoms with Crippen molar-refractivity contribution in [3.63, 3.8) is 0 Å². The van der Waals surface area contributed by atoms with E-state index in [1.54, 1.807) is 26.4 Å². The Labute approximate surface area is 185 Å². The van der Waals surface area contributed by atoms with Crippen molar-refractivity contribution in [3.05, 3.63) is 53.1 Å². The highest BCUT2D eigenvalue weighted by atomic mass is 16.5. The second-order valence-electron chi connectivity index (χ2n) is 8.69. The average molecular weight is 424 g/mol. The van der Waals surface area contributed by atoms with Gasteiger partial charge in [-0.05, 0) is 80.6 Å². The summed E-state index contributed by atoms with van der Waals surface area (Å²) < 4.78 is 10.5. The maximum absolute atomic E-state index is 12.5. The summed E-state index contributed by atoms with van der Waals surface area (Å²) in [5.74, 6) is 2.42. The molecule has 4 rings (SSSR count). The Bertz CT molecular complexity index is 926. The number of phenolic OH excluding ortho intramolecular Hbond substituents is 1. The molecule has 0 aromatic heterocycles. The summed E-state index contributed by atoms with van der Waals surface area (Å²) in [5, 5.41) is 10.2. The minimum Gasteiger partial charge on any atom is -0.508 e. The van der Waals surface area contributed by atoms with Gasteiger partial charge >= 0.3 is 0 Å². The van der Waals surface area contributed by atoms with Gasteiger partial charge in [-0.3, -0.25) is 9.69 Å². The number of Topliss-reactive ketones (excluding diaryl/α,β-unsaturated/α-hetero) is 1. The molecule has 2 unspecified atom stereocenters. The number of phenols is 1. The first kappa shape index (κ1) is 21.7. The third-order valence-corrected chi connectivity index (χ3v) is 6.99. The third-order valence-electron chi connectivity index (χ3n) is 6.99. The van der Waals surface area contributed by atoms with Crippen LogP contribution in [-0.2, 0) is 6.42 Å². The molecule has 0 bridgehead atoms. The highest BCUT2D eigenvalue weighted by Gasteiger charge is 2.38. The van der Waals surface area contributed by atoms with Crippen LogP contribution in [0.2, 0.25) is 0 Å². The van der Waals surface area contributed by atoms with Crippen molar-refractivity contribution in [2.24, 2.45) is 0 Å². The molecule has 1 saturated heterocycles.